The molecule has 4 aromatic heterocycles. The fourth-order valence-electron chi connectivity index (χ4n) is 7.04. The molecule has 0 aliphatic carbocycles. The summed E-state index contributed by atoms with van der Waals surface area (Å²) in [6.45, 7) is 0. The van der Waals surface area contributed by atoms with Crippen LogP contribution >= 0.6 is 0 Å². The van der Waals surface area contributed by atoms with E-state index in [1.54, 1.807) is 0 Å². The van der Waals surface area contributed by atoms with Gasteiger partial charge in [-0.1, -0.05) is 115 Å². The van der Waals surface area contributed by atoms with Gasteiger partial charge in [-0.2, -0.15) is 0 Å². The van der Waals surface area contributed by atoms with Crippen molar-refractivity contribution in [3.8, 4) is 28.5 Å². The van der Waals surface area contributed by atoms with Crippen molar-refractivity contribution in [3.63, 3.8) is 0 Å². The molecule has 0 saturated heterocycles. The summed E-state index contributed by atoms with van der Waals surface area (Å²) in [7, 11) is 0. The molecule has 0 fully saturated rings. The average Bonchev–Trinajstić information content (AvgIpc) is 3.68. The summed E-state index contributed by atoms with van der Waals surface area (Å²) in [4.78, 5) is 15.4. The molecule has 4 heterocycles. The van der Waals surface area contributed by atoms with Crippen molar-refractivity contribution >= 4 is 60.2 Å². The van der Waals surface area contributed by atoms with Crippen LogP contribution in [0.5, 0.6) is 0 Å². The smallest absolute Gasteiger partial charge is 0.162 e. The number of rotatable bonds is 3. The van der Waals surface area contributed by atoms with Crippen molar-refractivity contribution in [1.82, 2.24) is 23.9 Å². The number of nitrogens with zero attached hydrogens (tertiary/aromatic N) is 5. The lowest BCUT2D eigenvalue weighted by molar-refractivity contribution is 1.05. The van der Waals surface area contributed by atoms with Gasteiger partial charge in [-0.15, -0.1) is 0 Å². The highest BCUT2D eigenvalue weighted by molar-refractivity contribution is 6.20. The van der Waals surface area contributed by atoms with Crippen LogP contribution in [-0.2, 0) is 0 Å². The lowest BCUT2D eigenvalue weighted by atomic mass is 10.0. The fraction of sp³-hybridized carbons (Fsp3) is 0. The van der Waals surface area contributed by atoms with Gasteiger partial charge in [0, 0.05) is 38.7 Å². The summed E-state index contributed by atoms with van der Waals surface area (Å²) in [5.41, 5.74) is 9.31. The summed E-state index contributed by atoms with van der Waals surface area (Å²) < 4.78 is 4.62. The van der Waals surface area contributed by atoms with E-state index in [0.717, 1.165) is 61.3 Å². The number of benzene rings is 6. The topological polar surface area (TPSA) is 48.0 Å². The standard InChI is InChI=1S/C41H25N5/c1-3-13-26(14-4-1)34-25-39(44-40(42-34)27-15-5-2-6-16-27)45-35-21-11-9-18-29(35)32-24-38-31(23-37(32)45)28-17-7-8-19-30(28)41-43-33-20-10-12-22-36(33)46(38)41/h1-25H. The normalized spacial score (nSPS) is 11.9. The van der Waals surface area contributed by atoms with Crippen LogP contribution < -0.4 is 0 Å². The third-order valence-electron chi connectivity index (χ3n) is 9.09. The molecule has 0 N–H and O–H groups in total. The first-order valence-electron chi connectivity index (χ1n) is 15.5. The van der Waals surface area contributed by atoms with Gasteiger partial charge in [0.15, 0.2) is 5.82 Å². The molecule has 0 spiro atoms. The molecule has 0 saturated carbocycles. The highest BCUT2D eigenvalue weighted by atomic mass is 15.1. The van der Waals surface area contributed by atoms with Crippen LogP contribution in [-0.4, -0.2) is 23.9 Å². The van der Waals surface area contributed by atoms with Crippen LogP contribution in [0.25, 0.3) is 88.6 Å². The molecule has 0 amide bonds. The summed E-state index contributed by atoms with van der Waals surface area (Å²) in [6, 6.07) is 53.0. The Bertz CT molecular complexity index is 2740. The van der Waals surface area contributed by atoms with Crippen LogP contribution in [0.3, 0.4) is 0 Å². The molecular formula is C41H25N5. The number of hydrogen-bond donors (Lipinski definition) is 0. The number of fused-ring (bicyclic) bond motifs is 11. The van der Waals surface area contributed by atoms with Gasteiger partial charge >= 0.3 is 0 Å². The fourth-order valence-corrected chi connectivity index (χ4v) is 7.04. The monoisotopic (exact) mass is 587 g/mol. The number of hydrogen-bond acceptors (Lipinski definition) is 3. The van der Waals surface area contributed by atoms with E-state index in [0.29, 0.717) is 5.82 Å². The van der Waals surface area contributed by atoms with Crippen molar-refractivity contribution in [2.24, 2.45) is 0 Å². The van der Waals surface area contributed by atoms with Gasteiger partial charge in [0.05, 0.1) is 33.3 Å². The van der Waals surface area contributed by atoms with Crippen molar-refractivity contribution in [1.29, 1.82) is 0 Å². The molecular weight excluding hydrogens is 562 g/mol. The first-order valence-corrected chi connectivity index (χ1v) is 15.5. The zero-order valence-electron chi connectivity index (χ0n) is 24.7. The zero-order chi connectivity index (χ0) is 30.2. The zero-order valence-corrected chi connectivity index (χ0v) is 24.7. The quantitative estimate of drug-likeness (QED) is 0.193. The van der Waals surface area contributed by atoms with E-state index in [-0.39, 0.29) is 0 Å². The van der Waals surface area contributed by atoms with Crippen LogP contribution in [0.1, 0.15) is 0 Å². The SMILES string of the molecule is c1ccc(-c2cc(-n3c4ccccc4c4cc5c(cc43)c3ccccc3c3nc4ccccc4n53)nc(-c3ccccc3)n2)cc1. The first kappa shape index (κ1) is 25.0. The van der Waals surface area contributed by atoms with E-state index in [9.17, 15) is 0 Å². The maximum Gasteiger partial charge on any atom is 0.162 e. The molecule has 0 radical (unpaired) electrons. The molecule has 5 nitrogen and oxygen atoms in total. The Morgan fingerprint density at radius 3 is 1.80 bits per heavy atom. The molecule has 46 heavy (non-hydrogen) atoms. The Morgan fingerprint density at radius 2 is 1.00 bits per heavy atom. The van der Waals surface area contributed by atoms with Crippen LogP contribution in [0, 0.1) is 0 Å². The third-order valence-corrected chi connectivity index (χ3v) is 9.09. The number of aromatic nitrogens is 5. The van der Waals surface area contributed by atoms with Crippen LogP contribution in [0.2, 0.25) is 0 Å². The van der Waals surface area contributed by atoms with Crippen LogP contribution in [0.15, 0.2) is 152 Å². The molecule has 214 valence electrons. The third kappa shape index (κ3) is 3.60. The van der Waals surface area contributed by atoms with Gasteiger partial charge in [0.2, 0.25) is 0 Å². The molecule has 10 aromatic rings. The van der Waals surface area contributed by atoms with E-state index < -0.39 is 0 Å². The Balaban J connectivity index is 1.37. The minimum absolute atomic E-state index is 0.695. The predicted octanol–water partition coefficient (Wildman–Crippen LogP) is 10.0. The molecule has 0 aliphatic heterocycles. The van der Waals surface area contributed by atoms with E-state index >= 15 is 0 Å². The lowest BCUT2D eigenvalue weighted by Gasteiger charge is -2.13. The molecule has 10 rings (SSSR count). The van der Waals surface area contributed by atoms with Crippen molar-refractivity contribution in [3.05, 3.63) is 152 Å². The number of para-hydroxylation sites is 3. The molecule has 5 heteroatoms. The predicted molar refractivity (Wildman–Crippen MR) is 189 cm³/mol. The Hall–Kier alpha value is -6.33. The second-order valence-electron chi connectivity index (χ2n) is 11.7. The van der Waals surface area contributed by atoms with E-state index in [1.807, 2.05) is 24.3 Å². The first-order chi connectivity index (χ1) is 22.8. The van der Waals surface area contributed by atoms with Gasteiger partial charge in [0.25, 0.3) is 0 Å². The number of imidazole rings is 1. The second-order valence-corrected chi connectivity index (χ2v) is 11.7. The minimum Gasteiger partial charge on any atom is -0.294 e. The Labute approximate surface area is 263 Å². The van der Waals surface area contributed by atoms with Gasteiger partial charge in [0.1, 0.15) is 11.5 Å². The van der Waals surface area contributed by atoms with E-state index in [4.69, 9.17) is 15.0 Å². The summed E-state index contributed by atoms with van der Waals surface area (Å²) in [6.07, 6.45) is 0. The highest BCUT2D eigenvalue weighted by Gasteiger charge is 2.20. The maximum absolute atomic E-state index is 5.23. The summed E-state index contributed by atoms with van der Waals surface area (Å²) in [5.74, 6) is 1.53. The molecule has 0 aliphatic rings. The van der Waals surface area contributed by atoms with Crippen molar-refractivity contribution in [2.75, 3.05) is 0 Å². The lowest BCUT2D eigenvalue weighted by Crippen LogP contribution is -2.02. The maximum atomic E-state index is 5.23. The van der Waals surface area contributed by atoms with Gasteiger partial charge < -0.3 is 0 Å². The van der Waals surface area contributed by atoms with E-state index in [1.165, 1.54) is 21.5 Å². The largest absolute Gasteiger partial charge is 0.294 e. The van der Waals surface area contributed by atoms with Crippen LogP contribution in [0.4, 0.5) is 0 Å². The van der Waals surface area contributed by atoms with Crippen molar-refractivity contribution < 1.29 is 0 Å². The van der Waals surface area contributed by atoms with Gasteiger partial charge in [-0.3, -0.25) is 8.97 Å². The minimum atomic E-state index is 0.695. The molecule has 0 atom stereocenters. The highest BCUT2D eigenvalue weighted by Crippen LogP contribution is 2.39. The Morgan fingerprint density at radius 1 is 0.391 bits per heavy atom. The Kier molecular flexibility index (Phi) is 5.22. The second kappa shape index (κ2) is 9.58. The van der Waals surface area contributed by atoms with Gasteiger partial charge in [-0.25, -0.2) is 15.0 Å². The molecule has 0 bridgehead atoms. The molecule has 0 unspecified atom stereocenters. The summed E-state index contributed by atoms with van der Waals surface area (Å²) in [5, 5.41) is 5.82. The van der Waals surface area contributed by atoms with E-state index in [2.05, 4.69) is 136 Å². The molecule has 6 aromatic carbocycles. The van der Waals surface area contributed by atoms with Gasteiger partial charge in [-0.05, 0) is 35.7 Å². The summed E-state index contributed by atoms with van der Waals surface area (Å²) >= 11 is 0. The average molecular weight is 588 g/mol. The number of pyridine rings is 1. The van der Waals surface area contributed by atoms with Crippen molar-refractivity contribution in [2.45, 2.75) is 0 Å².